The topological polar surface area (TPSA) is 49.4 Å². The van der Waals surface area contributed by atoms with Crippen molar-refractivity contribution in [1.82, 2.24) is 10.2 Å². The summed E-state index contributed by atoms with van der Waals surface area (Å²) >= 11 is 11.8. The van der Waals surface area contributed by atoms with Crippen LogP contribution < -0.4 is 5.32 Å². The van der Waals surface area contributed by atoms with Crippen molar-refractivity contribution in [3.8, 4) is 0 Å². The predicted molar refractivity (Wildman–Crippen MR) is 83.8 cm³/mol. The molecule has 0 aliphatic carbocycles. The highest BCUT2D eigenvalue weighted by molar-refractivity contribution is 6.36. The molecule has 4 nitrogen and oxygen atoms in total. The van der Waals surface area contributed by atoms with Gasteiger partial charge in [-0.1, -0.05) is 23.2 Å². The Morgan fingerprint density at radius 2 is 2.00 bits per heavy atom. The maximum atomic E-state index is 12.2. The van der Waals surface area contributed by atoms with Crippen LogP contribution in [0.5, 0.6) is 0 Å². The van der Waals surface area contributed by atoms with Crippen LogP contribution in [-0.2, 0) is 4.79 Å². The van der Waals surface area contributed by atoms with Gasteiger partial charge in [0.15, 0.2) is 0 Å². The Morgan fingerprint density at radius 1 is 1.33 bits per heavy atom. The highest BCUT2D eigenvalue weighted by Crippen LogP contribution is 2.24. The second-order valence-electron chi connectivity index (χ2n) is 6.17. The molecule has 6 heteroatoms. The van der Waals surface area contributed by atoms with Crippen molar-refractivity contribution in [3.63, 3.8) is 0 Å². The molecule has 0 spiro atoms. The van der Waals surface area contributed by atoms with Crippen LogP contribution in [0.1, 0.15) is 37.6 Å². The van der Waals surface area contributed by atoms with Gasteiger partial charge in [0.1, 0.15) is 0 Å². The number of rotatable bonds is 2. The molecule has 0 radical (unpaired) electrons. The van der Waals surface area contributed by atoms with Crippen LogP contribution in [0, 0.1) is 0 Å². The molecule has 21 heavy (non-hydrogen) atoms. The molecule has 1 heterocycles. The van der Waals surface area contributed by atoms with Crippen LogP contribution in [0.4, 0.5) is 0 Å². The lowest BCUT2D eigenvalue weighted by atomic mass is 10.1. The van der Waals surface area contributed by atoms with Crippen LogP contribution >= 0.6 is 23.2 Å². The molecule has 1 N–H and O–H groups in total. The summed E-state index contributed by atoms with van der Waals surface area (Å²) in [4.78, 5) is 26.0. The third-order valence-electron chi connectivity index (χ3n) is 3.45. The third kappa shape index (κ3) is 3.69. The van der Waals surface area contributed by atoms with Gasteiger partial charge in [0.2, 0.25) is 5.91 Å². The summed E-state index contributed by atoms with van der Waals surface area (Å²) in [6.45, 7) is 6.45. The number of nitrogens with zero attached hydrogens (tertiary/aromatic N) is 1. The van der Waals surface area contributed by atoms with Crippen LogP contribution in [0.15, 0.2) is 18.2 Å². The van der Waals surface area contributed by atoms with Gasteiger partial charge >= 0.3 is 0 Å². The summed E-state index contributed by atoms with van der Waals surface area (Å²) in [5, 5.41) is 3.64. The summed E-state index contributed by atoms with van der Waals surface area (Å²) in [6, 6.07) is 4.53. The zero-order chi connectivity index (χ0) is 15.8. The molecule has 1 fully saturated rings. The molecule has 1 aromatic rings. The quantitative estimate of drug-likeness (QED) is 0.906. The van der Waals surface area contributed by atoms with Gasteiger partial charge in [-0.15, -0.1) is 0 Å². The average Bonchev–Trinajstić information content (AvgIpc) is 2.69. The zero-order valence-electron chi connectivity index (χ0n) is 12.2. The number of amides is 2. The maximum Gasteiger partial charge on any atom is 0.253 e. The van der Waals surface area contributed by atoms with Gasteiger partial charge in [-0.25, -0.2) is 0 Å². The highest BCUT2D eigenvalue weighted by Gasteiger charge is 2.36. The number of hydrogen-bond donors (Lipinski definition) is 1. The molecule has 0 aromatic heterocycles. The second kappa shape index (κ2) is 5.85. The minimum atomic E-state index is -0.287. The fourth-order valence-corrected chi connectivity index (χ4v) is 2.88. The van der Waals surface area contributed by atoms with Crippen molar-refractivity contribution in [2.24, 2.45) is 0 Å². The van der Waals surface area contributed by atoms with Crippen molar-refractivity contribution in [2.75, 3.05) is 6.54 Å². The Bertz CT molecular complexity index is 582. The Labute approximate surface area is 134 Å². The lowest BCUT2D eigenvalue weighted by Crippen LogP contribution is -2.44. The average molecular weight is 329 g/mol. The SMILES string of the molecule is CC(C)(C)N1CC(NC(=O)c2ccc(Cl)cc2Cl)CC1=O. The molecule has 1 aromatic carbocycles. The van der Waals surface area contributed by atoms with E-state index in [4.69, 9.17) is 23.2 Å². The van der Waals surface area contributed by atoms with Gasteiger partial charge in [-0.05, 0) is 39.0 Å². The van der Waals surface area contributed by atoms with E-state index >= 15 is 0 Å². The van der Waals surface area contributed by atoms with Crippen molar-refractivity contribution >= 4 is 35.0 Å². The van der Waals surface area contributed by atoms with E-state index in [0.29, 0.717) is 28.6 Å². The number of carbonyl (C=O) groups is 2. The Morgan fingerprint density at radius 3 is 2.52 bits per heavy atom. The first-order valence-electron chi connectivity index (χ1n) is 6.75. The van der Waals surface area contributed by atoms with Gasteiger partial charge in [-0.2, -0.15) is 0 Å². The molecule has 2 rings (SSSR count). The Balaban J connectivity index is 2.06. The van der Waals surface area contributed by atoms with Gasteiger partial charge < -0.3 is 10.2 Å². The van der Waals surface area contributed by atoms with E-state index in [-0.39, 0.29) is 23.4 Å². The summed E-state index contributed by atoms with van der Waals surface area (Å²) in [5.41, 5.74) is 0.122. The fourth-order valence-electron chi connectivity index (χ4n) is 2.39. The first kappa shape index (κ1) is 16.1. The highest BCUT2D eigenvalue weighted by atomic mass is 35.5. The number of nitrogens with one attached hydrogen (secondary N) is 1. The normalized spacial score (nSPS) is 19.0. The van der Waals surface area contributed by atoms with Gasteiger partial charge in [-0.3, -0.25) is 9.59 Å². The van der Waals surface area contributed by atoms with Crippen molar-refractivity contribution in [2.45, 2.75) is 38.8 Å². The lowest BCUT2D eigenvalue weighted by molar-refractivity contribution is -0.131. The summed E-state index contributed by atoms with van der Waals surface area (Å²) in [5.74, 6) is -0.236. The second-order valence-corrected chi connectivity index (χ2v) is 7.02. The van der Waals surface area contributed by atoms with Crippen LogP contribution in [0.2, 0.25) is 10.0 Å². The number of likely N-dealkylation sites (tertiary alicyclic amines) is 1. The lowest BCUT2D eigenvalue weighted by Gasteiger charge is -2.32. The monoisotopic (exact) mass is 328 g/mol. The third-order valence-corrected chi connectivity index (χ3v) is 3.99. The van der Waals surface area contributed by atoms with E-state index in [9.17, 15) is 9.59 Å². The van der Waals surface area contributed by atoms with Crippen molar-refractivity contribution < 1.29 is 9.59 Å². The molecule has 1 unspecified atom stereocenters. The van der Waals surface area contributed by atoms with E-state index in [1.807, 2.05) is 20.8 Å². The maximum absolute atomic E-state index is 12.2. The van der Waals surface area contributed by atoms with Crippen molar-refractivity contribution in [3.05, 3.63) is 33.8 Å². The first-order valence-corrected chi connectivity index (χ1v) is 7.50. The Hall–Kier alpha value is -1.26. The largest absolute Gasteiger partial charge is 0.347 e. The number of benzene rings is 1. The van der Waals surface area contributed by atoms with Gasteiger partial charge in [0.05, 0.1) is 16.6 Å². The van der Waals surface area contributed by atoms with E-state index in [1.54, 1.807) is 17.0 Å². The fraction of sp³-hybridized carbons (Fsp3) is 0.467. The minimum absolute atomic E-state index is 0.0509. The van der Waals surface area contributed by atoms with E-state index in [2.05, 4.69) is 5.32 Å². The van der Waals surface area contributed by atoms with Gasteiger partial charge in [0, 0.05) is 23.5 Å². The molecule has 1 aliphatic rings. The molecule has 114 valence electrons. The van der Waals surface area contributed by atoms with Crippen LogP contribution in [0.3, 0.4) is 0 Å². The van der Waals surface area contributed by atoms with E-state index in [0.717, 1.165) is 0 Å². The Kier molecular flexibility index (Phi) is 4.49. The van der Waals surface area contributed by atoms with E-state index < -0.39 is 0 Å². The number of hydrogen-bond acceptors (Lipinski definition) is 2. The van der Waals surface area contributed by atoms with Crippen LogP contribution in [-0.4, -0.2) is 34.8 Å². The van der Waals surface area contributed by atoms with Crippen molar-refractivity contribution in [1.29, 1.82) is 0 Å². The molecule has 0 bridgehead atoms. The molecule has 0 saturated carbocycles. The van der Waals surface area contributed by atoms with Crippen LogP contribution in [0.25, 0.3) is 0 Å². The molecule has 2 amide bonds. The number of carbonyl (C=O) groups excluding carboxylic acids is 2. The van der Waals surface area contributed by atoms with Gasteiger partial charge in [0.25, 0.3) is 5.91 Å². The molecular formula is C15H18Cl2N2O2. The van der Waals surface area contributed by atoms with E-state index in [1.165, 1.54) is 6.07 Å². The molecule has 1 saturated heterocycles. The smallest absolute Gasteiger partial charge is 0.253 e. The first-order chi connectivity index (χ1) is 9.68. The summed E-state index contributed by atoms with van der Waals surface area (Å²) in [7, 11) is 0. The predicted octanol–water partition coefficient (Wildman–Crippen LogP) is 3.12. The molecular weight excluding hydrogens is 311 g/mol. The summed E-state index contributed by atoms with van der Waals surface area (Å²) in [6.07, 6.45) is 0.314. The summed E-state index contributed by atoms with van der Waals surface area (Å²) < 4.78 is 0. The zero-order valence-corrected chi connectivity index (χ0v) is 13.8. The molecule has 1 aliphatic heterocycles. The standard InChI is InChI=1S/C15H18Cl2N2O2/c1-15(2,3)19-8-10(7-13(19)20)18-14(21)11-5-4-9(16)6-12(11)17/h4-6,10H,7-8H2,1-3H3,(H,18,21). The molecule has 1 atom stereocenters. The minimum Gasteiger partial charge on any atom is -0.347 e. The number of halogens is 2.